The molecule has 2 rings (SSSR count). The second-order valence-electron chi connectivity index (χ2n) is 6.19. The second kappa shape index (κ2) is 11.6. The van der Waals surface area contributed by atoms with Crippen molar-refractivity contribution in [2.45, 2.75) is 39.3 Å². The summed E-state index contributed by atoms with van der Waals surface area (Å²) in [5, 5.41) is 5.95. The van der Waals surface area contributed by atoms with Gasteiger partial charge in [0.1, 0.15) is 0 Å². The normalized spacial score (nSPS) is 14.9. The van der Waals surface area contributed by atoms with Crippen LogP contribution in [0.4, 0.5) is 10.5 Å². The van der Waals surface area contributed by atoms with Gasteiger partial charge in [0.15, 0.2) is 5.96 Å². The molecule has 0 aliphatic carbocycles. The quantitative estimate of drug-likeness (QED) is 0.334. The minimum absolute atomic E-state index is 0. The highest BCUT2D eigenvalue weighted by molar-refractivity contribution is 14.0. The Labute approximate surface area is 176 Å². The van der Waals surface area contributed by atoms with E-state index in [1.165, 1.54) is 6.92 Å². The minimum atomic E-state index is -0.258. The standard InChI is InChI=1S/C18H27N5O3.HI/c1-3-26-18(25)23-9-7-15(8-10-23)22-17(19)20-12-14-5-4-6-16(11-14)21-13(2)24;/h4-6,11,15H,3,7-10,12H2,1-2H3,(H,21,24)(H3,19,20,22);1H. The molecule has 0 radical (unpaired) electrons. The zero-order valence-electron chi connectivity index (χ0n) is 15.7. The molecule has 1 heterocycles. The molecule has 27 heavy (non-hydrogen) atoms. The predicted molar refractivity (Wildman–Crippen MR) is 116 cm³/mol. The van der Waals surface area contributed by atoms with Crippen LogP contribution in [0.15, 0.2) is 29.3 Å². The summed E-state index contributed by atoms with van der Waals surface area (Å²) in [4.78, 5) is 28.9. The number of benzene rings is 1. The minimum Gasteiger partial charge on any atom is -0.450 e. The van der Waals surface area contributed by atoms with E-state index in [9.17, 15) is 9.59 Å². The third-order valence-corrected chi connectivity index (χ3v) is 4.05. The van der Waals surface area contributed by atoms with Gasteiger partial charge in [0.2, 0.25) is 5.91 Å². The summed E-state index contributed by atoms with van der Waals surface area (Å²) in [5.74, 6) is 0.269. The maximum absolute atomic E-state index is 11.7. The Morgan fingerprint density at radius 3 is 2.67 bits per heavy atom. The molecule has 2 amide bonds. The smallest absolute Gasteiger partial charge is 0.409 e. The number of hydrogen-bond acceptors (Lipinski definition) is 4. The first-order chi connectivity index (χ1) is 12.5. The first-order valence-corrected chi connectivity index (χ1v) is 8.82. The average Bonchev–Trinajstić information content (AvgIpc) is 2.60. The van der Waals surface area contributed by atoms with Crippen LogP contribution in [0.5, 0.6) is 0 Å². The predicted octanol–water partition coefficient (Wildman–Crippen LogP) is 2.29. The molecule has 4 N–H and O–H groups in total. The monoisotopic (exact) mass is 489 g/mol. The molecule has 0 atom stereocenters. The molecule has 1 aromatic carbocycles. The molecule has 150 valence electrons. The Balaban J connectivity index is 0.00000364. The van der Waals surface area contributed by atoms with Crippen molar-refractivity contribution < 1.29 is 14.3 Å². The number of nitrogens with zero attached hydrogens (tertiary/aromatic N) is 2. The number of amides is 2. The summed E-state index contributed by atoms with van der Waals surface area (Å²) in [5.41, 5.74) is 7.67. The number of anilines is 1. The van der Waals surface area contributed by atoms with E-state index in [4.69, 9.17) is 10.5 Å². The van der Waals surface area contributed by atoms with Crippen LogP contribution in [-0.4, -0.2) is 48.6 Å². The van der Waals surface area contributed by atoms with Crippen LogP contribution in [0.1, 0.15) is 32.3 Å². The highest BCUT2D eigenvalue weighted by atomic mass is 127. The lowest BCUT2D eigenvalue weighted by molar-refractivity contribution is -0.114. The van der Waals surface area contributed by atoms with E-state index in [1.54, 1.807) is 11.8 Å². The zero-order valence-corrected chi connectivity index (χ0v) is 18.1. The van der Waals surface area contributed by atoms with Gasteiger partial charge in [-0.2, -0.15) is 0 Å². The Hall–Kier alpha value is -2.04. The van der Waals surface area contributed by atoms with Crippen molar-refractivity contribution in [3.63, 3.8) is 0 Å². The van der Waals surface area contributed by atoms with Gasteiger partial charge in [-0.25, -0.2) is 9.79 Å². The van der Waals surface area contributed by atoms with Crippen LogP contribution in [0, 0.1) is 0 Å². The molecule has 1 fully saturated rings. The Morgan fingerprint density at radius 1 is 1.33 bits per heavy atom. The van der Waals surface area contributed by atoms with E-state index in [2.05, 4.69) is 15.6 Å². The highest BCUT2D eigenvalue weighted by Gasteiger charge is 2.23. The van der Waals surface area contributed by atoms with Crippen LogP contribution in [0.2, 0.25) is 0 Å². The maximum atomic E-state index is 11.7. The van der Waals surface area contributed by atoms with Crippen LogP contribution < -0.4 is 16.4 Å². The van der Waals surface area contributed by atoms with Crippen molar-refractivity contribution in [2.75, 3.05) is 25.0 Å². The van der Waals surface area contributed by atoms with Crippen LogP contribution in [0.25, 0.3) is 0 Å². The fourth-order valence-corrected chi connectivity index (χ4v) is 2.80. The van der Waals surface area contributed by atoms with Crippen molar-refractivity contribution in [3.8, 4) is 0 Å². The molecule has 0 spiro atoms. The number of rotatable bonds is 5. The van der Waals surface area contributed by atoms with Crippen molar-refractivity contribution in [3.05, 3.63) is 29.8 Å². The highest BCUT2D eigenvalue weighted by Crippen LogP contribution is 2.13. The number of aliphatic imine (C=N–C) groups is 1. The number of nitrogens with two attached hydrogens (primary N) is 1. The molecule has 0 bridgehead atoms. The largest absolute Gasteiger partial charge is 0.450 e. The Morgan fingerprint density at radius 2 is 2.04 bits per heavy atom. The molecule has 1 aromatic rings. The summed E-state index contributed by atoms with van der Waals surface area (Å²) in [6, 6.07) is 7.68. The molecule has 1 aliphatic heterocycles. The maximum Gasteiger partial charge on any atom is 0.409 e. The van der Waals surface area contributed by atoms with Crippen LogP contribution in [0.3, 0.4) is 0 Å². The van der Waals surface area contributed by atoms with Crippen molar-refractivity contribution in [1.29, 1.82) is 0 Å². The lowest BCUT2D eigenvalue weighted by Crippen LogP contribution is -2.48. The number of piperidine rings is 1. The van der Waals surface area contributed by atoms with Gasteiger partial charge in [-0.1, -0.05) is 12.1 Å². The Bertz CT molecular complexity index is 660. The molecular formula is C18H28IN5O3. The second-order valence-corrected chi connectivity index (χ2v) is 6.19. The number of ether oxygens (including phenoxy) is 1. The molecule has 0 unspecified atom stereocenters. The Kier molecular flexibility index (Phi) is 9.90. The average molecular weight is 489 g/mol. The molecule has 9 heteroatoms. The van der Waals surface area contributed by atoms with E-state index in [0.29, 0.717) is 32.2 Å². The van der Waals surface area contributed by atoms with Gasteiger partial charge in [0.05, 0.1) is 13.2 Å². The number of nitrogens with one attached hydrogen (secondary N) is 2. The van der Waals surface area contributed by atoms with Crippen LogP contribution >= 0.6 is 24.0 Å². The van der Waals surface area contributed by atoms with Gasteiger partial charge in [0.25, 0.3) is 0 Å². The lowest BCUT2D eigenvalue weighted by Gasteiger charge is -2.31. The van der Waals surface area contributed by atoms with Gasteiger partial charge in [-0.05, 0) is 37.5 Å². The number of guanidine groups is 1. The summed E-state index contributed by atoms with van der Waals surface area (Å²) in [6.07, 6.45) is 1.34. The molecule has 0 aromatic heterocycles. The summed E-state index contributed by atoms with van der Waals surface area (Å²) in [6.45, 7) is 5.37. The number of halogens is 1. The molecule has 1 aliphatic rings. The topological polar surface area (TPSA) is 109 Å². The third kappa shape index (κ3) is 8.02. The SMILES string of the molecule is CCOC(=O)N1CCC(NC(N)=NCc2cccc(NC(C)=O)c2)CC1.I. The third-order valence-electron chi connectivity index (χ3n) is 4.05. The van der Waals surface area contributed by atoms with Crippen molar-refractivity contribution >= 4 is 47.6 Å². The van der Waals surface area contributed by atoms with E-state index >= 15 is 0 Å². The number of carbonyl (C=O) groups is 2. The van der Waals surface area contributed by atoms with Crippen molar-refractivity contribution in [1.82, 2.24) is 10.2 Å². The summed E-state index contributed by atoms with van der Waals surface area (Å²) < 4.78 is 5.01. The van der Waals surface area contributed by atoms with Gasteiger partial charge in [-0.3, -0.25) is 4.79 Å². The van der Waals surface area contributed by atoms with Gasteiger partial charge < -0.3 is 26.0 Å². The van der Waals surface area contributed by atoms with E-state index in [0.717, 1.165) is 24.1 Å². The van der Waals surface area contributed by atoms with Crippen LogP contribution in [-0.2, 0) is 16.1 Å². The van der Waals surface area contributed by atoms with Gasteiger partial charge >= 0.3 is 6.09 Å². The van der Waals surface area contributed by atoms with Gasteiger partial charge in [0, 0.05) is 31.7 Å². The number of hydrogen-bond donors (Lipinski definition) is 3. The number of carbonyl (C=O) groups excluding carboxylic acids is 2. The lowest BCUT2D eigenvalue weighted by atomic mass is 10.1. The fraction of sp³-hybridized carbons (Fsp3) is 0.500. The number of likely N-dealkylation sites (tertiary alicyclic amines) is 1. The fourth-order valence-electron chi connectivity index (χ4n) is 2.80. The van der Waals surface area contributed by atoms with Gasteiger partial charge in [-0.15, -0.1) is 24.0 Å². The van der Waals surface area contributed by atoms with E-state index in [-0.39, 0.29) is 42.0 Å². The summed E-state index contributed by atoms with van der Waals surface area (Å²) in [7, 11) is 0. The van der Waals surface area contributed by atoms with E-state index in [1.807, 2.05) is 24.3 Å². The van der Waals surface area contributed by atoms with Crippen molar-refractivity contribution in [2.24, 2.45) is 10.7 Å². The first-order valence-electron chi connectivity index (χ1n) is 8.82. The molecule has 8 nitrogen and oxygen atoms in total. The molecular weight excluding hydrogens is 461 g/mol. The molecule has 1 saturated heterocycles. The zero-order chi connectivity index (χ0) is 18.9. The summed E-state index contributed by atoms with van der Waals surface area (Å²) >= 11 is 0. The molecule has 0 saturated carbocycles. The van der Waals surface area contributed by atoms with E-state index < -0.39 is 0 Å². The first kappa shape index (κ1) is 23.0.